The number of nitrogens with zero attached hydrogens (tertiary/aromatic N) is 3. The molecule has 35 heavy (non-hydrogen) atoms. The summed E-state index contributed by atoms with van der Waals surface area (Å²) in [5.74, 6) is -0.356. The van der Waals surface area contributed by atoms with Crippen LogP contribution in [0.5, 0.6) is 0 Å². The molecular weight excluding hydrogens is 466 g/mol. The van der Waals surface area contributed by atoms with E-state index in [0.29, 0.717) is 25.1 Å². The molecule has 0 aromatic heterocycles. The average molecular weight is 498 g/mol. The average Bonchev–Trinajstić information content (AvgIpc) is 3.15. The van der Waals surface area contributed by atoms with Gasteiger partial charge >= 0.3 is 0 Å². The molecule has 2 aromatic rings. The lowest BCUT2D eigenvalue weighted by Crippen LogP contribution is -2.51. The molecule has 2 N–H and O–H groups in total. The predicted octanol–water partition coefficient (Wildman–Crippen LogP) is 1.75. The zero-order chi connectivity index (χ0) is 24.8. The summed E-state index contributed by atoms with van der Waals surface area (Å²) in [6, 6.07) is 15.8. The molecule has 1 fully saturated rings. The molecule has 10 heteroatoms. The van der Waals surface area contributed by atoms with Crippen molar-refractivity contribution in [2.24, 2.45) is 4.99 Å². The van der Waals surface area contributed by atoms with E-state index in [0.717, 1.165) is 31.6 Å². The molecule has 0 saturated carbocycles. The van der Waals surface area contributed by atoms with E-state index in [4.69, 9.17) is 0 Å². The second-order valence-electron chi connectivity index (χ2n) is 8.66. The number of aliphatic imine (C=N–C) groups is 1. The largest absolute Gasteiger partial charge is 0.368 e. The fourth-order valence-corrected chi connectivity index (χ4v) is 5.52. The van der Waals surface area contributed by atoms with Gasteiger partial charge in [-0.25, -0.2) is 8.42 Å². The molecule has 1 atom stereocenters. The molecule has 4 rings (SSSR count). The molecular formula is C25H31N5O4S. The lowest BCUT2D eigenvalue weighted by molar-refractivity contribution is -0.133. The molecule has 186 valence electrons. The Morgan fingerprint density at radius 1 is 1.03 bits per heavy atom. The number of sulfonamides is 1. The van der Waals surface area contributed by atoms with Gasteiger partial charge in [-0.3, -0.25) is 19.3 Å². The molecule has 0 bridgehead atoms. The van der Waals surface area contributed by atoms with E-state index in [2.05, 4.69) is 32.1 Å². The molecule has 2 aliphatic rings. The first-order valence-corrected chi connectivity index (χ1v) is 13.4. The summed E-state index contributed by atoms with van der Waals surface area (Å²) in [4.78, 5) is 34.3. The zero-order valence-electron chi connectivity index (χ0n) is 19.8. The third-order valence-corrected chi connectivity index (χ3v) is 7.65. The number of anilines is 1. The Morgan fingerprint density at radius 3 is 2.43 bits per heavy atom. The molecule has 2 aromatic carbocycles. The molecule has 2 heterocycles. The van der Waals surface area contributed by atoms with Gasteiger partial charge in [0.15, 0.2) is 0 Å². The van der Waals surface area contributed by atoms with Crippen LogP contribution in [0.3, 0.4) is 0 Å². The standard InChI is InChI=1S/C25H31N5O4S/c1-2-3-12-21(27-24-20-11-7-8-13-22(20)35(33,34)28-24)25(32)26-18-23(31)30-16-14-29(15-17-30)19-9-5-4-6-10-19/h4-11,13,21H,2-3,12,14-18H2,1H3,(H,26,32)(H,27,28). The van der Waals surface area contributed by atoms with E-state index in [9.17, 15) is 18.0 Å². The van der Waals surface area contributed by atoms with Crippen LogP contribution in [0.2, 0.25) is 0 Å². The molecule has 0 spiro atoms. The van der Waals surface area contributed by atoms with Crippen LogP contribution in [0.1, 0.15) is 31.7 Å². The number of piperazine rings is 1. The van der Waals surface area contributed by atoms with Crippen LogP contribution in [-0.4, -0.2) is 69.7 Å². The maximum Gasteiger partial charge on any atom is 0.263 e. The zero-order valence-corrected chi connectivity index (χ0v) is 20.6. The Labute approximate surface area is 206 Å². The van der Waals surface area contributed by atoms with Crippen LogP contribution >= 0.6 is 0 Å². The Balaban J connectivity index is 1.36. The number of unbranched alkanes of at least 4 members (excludes halogenated alkanes) is 1. The van der Waals surface area contributed by atoms with Crippen molar-refractivity contribution in [1.82, 2.24) is 14.9 Å². The molecule has 0 radical (unpaired) electrons. The first kappa shape index (κ1) is 24.7. The molecule has 2 amide bonds. The van der Waals surface area contributed by atoms with Gasteiger partial charge in [0, 0.05) is 37.4 Å². The Hall–Kier alpha value is -3.40. The van der Waals surface area contributed by atoms with Crippen molar-refractivity contribution in [3.63, 3.8) is 0 Å². The Bertz CT molecular complexity index is 1190. The van der Waals surface area contributed by atoms with Gasteiger partial charge in [0.1, 0.15) is 11.9 Å². The van der Waals surface area contributed by atoms with Gasteiger partial charge in [0.05, 0.1) is 11.4 Å². The number of fused-ring (bicyclic) bond motifs is 1. The fourth-order valence-electron chi connectivity index (χ4n) is 4.28. The number of carbonyl (C=O) groups excluding carboxylic acids is 2. The van der Waals surface area contributed by atoms with Gasteiger partial charge in [-0.1, -0.05) is 50.1 Å². The highest BCUT2D eigenvalue weighted by Crippen LogP contribution is 2.23. The van der Waals surface area contributed by atoms with Gasteiger partial charge in [-0.05, 0) is 30.7 Å². The number of amides is 2. The van der Waals surface area contributed by atoms with Crippen molar-refractivity contribution in [3.8, 4) is 0 Å². The van der Waals surface area contributed by atoms with Crippen LogP contribution in [-0.2, 0) is 19.6 Å². The summed E-state index contributed by atoms with van der Waals surface area (Å²) in [5.41, 5.74) is 1.59. The van der Waals surface area contributed by atoms with Crippen LogP contribution in [0.15, 0.2) is 64.5 Å². The Morgan fingerprint density at radius 2 is 1.71 bits per heavy atom. The highest BCUT2D eigenvalue weighted by atomic mass is 32.2. The van der Waals surface area contributed by atoms with E-state index < -0.39 is 16.1 Å². The van der Waals surface area contributed by atoms with Gasteiger partial charge < -0.3 is 15.1 Å². The van der Waals surface area contributed by atoms with E-state index in [1.807, 2.05) is 25.1 Å². The summed E-state index contributed by atoms with van der Waals surface area (Å²) in [5, 5.41) is 2.72. The van der Waals surface area contributed by atoms with E-state index >= 15 is 0 Å². The number of carbonyl (C=O) groups is 2. The second kappa shape index (κ2) is 10.9. The number of benzene rings is 2. The third kappa shape index (κ3) is 5.82. The highest BCUT2D eigenvalue weighted by molar-refractivity contribution is 7.90. The first-order chi connectivity index (χ1) is 16.9. The number of amidine groups is 1. The van der Waals surface area contributed by atoms with Gasteiger partial charge in [-0.2, -0.15) is 0 Å². The minimum Gasteiger partial charge on any atom is -0.368 e. The molecule has 0 aliphatic carbocycles. The van der Waals surface area contributed by atoms with Crippen molar-refractivity contribution in [2.75, 3.05) is 37.6 Å². The minimum absolute atomic E-state index is 0.111. The van der Waals surface area contributed by atoms with Gasteiger partial charge in [0.2, 0.25) is 11.8 Å². The third-order valence-electron chi connectivity index (χ3n) is 6.25. The van der Waals surface area contributed by atoms with Crippen LogP contribution in [0, 0.1) is 0 Å². The van der Waals surface area contributed by atoms with Crippen molar-refractivity contribution >= 4 is 33.4 Å². The number of hydrogen-bond acceptors (Lipinski definition) is 6. The maximum atomic E-state index is 13.0. The maximum absolute atomic E-state index is 13.0. The van der Waals surface area contributed by atoms with Crippen molar-refractivity contribution < 1.29 is 18.0 Å². The molecule has 1 unspecified atom stereocenters. The SMILES string of the molecule is CCCCC(N=C1NS(=O)(=O)c2ccccc21)C(=O)NCC(=O)N1CCN(c2ccccc2)CC1. The molecule has 1 saturated heterocycles. The summed E-state index contributed by atoms with van der Waals surface area (Å²) in [6.07, 6.45) is 2.07. The number of nitrogens with one attached hydrogen (secondary N) is 2. The highest BCUT2D eigenvalue weighted by Gasteiger charge is 2.32. The smallest absolute Gasteiger partial charge is 0.263 e. The van der Waals surface area contributed by atoms with Crippen molar-refractivity contribution in [1.29, 1.82) is 0 Å². The van der Waals surface area contributed by atoms with E-state index in [1.165, 1.54) is 6.07 Å². The first-order valence-electron chi connectivity index (χ1n) is 11.9. The normalized spacial score (nSPS) is 18.6. The van der Waals surface area contributed by atoms with Gasteiger partial charge in [-0.15, -0.1) is 0 Å². The molecule has 2 aliphatic heterocycles. The van der Waals surface area contributed by atoms with Crippen molar-refractivity contribution in [2.45, 2.75) is 37.1 Å². The summed E-state index contributed by atoms with van der Waals surface area (Å²) >= 11 is 0. The number of para-hydroxylation sites is 1. The summed E-state index contributed by atoms with van der Waals surface area (Å²) < 4.78 is 27.2. The number of hydrogen-bond donors (Lipinski definition) is 2. The number of rotatable bonds is 8. The minimum atomic E-state index is -3.69. The lowest BCUT2D eigenvalue weighted by Gasteiger charge is -2.36. The molecule has 9 nitrogen and oxygen atoms in total. The second-order valence-corrected chi connectivity index (χ2v) is 10.3. The summed E-state index contributed by atoms with van der Waals surface area (Å²) in [7, 11) is -3.69. The summed E-state index contributed by atoms with van der Waals surface area (Å²) in [6.45, 7) is 4.54. The topological polar surface area (TPSA) is 111 Å². The predicted molar refractivity (Wildman–Crippen MR) is 135 cm³/mol. The van der Waals surface area contributed by atoms with Crippen molar-refractivity contribution in [3.05, 3.63) is 60.2 Å². The fraction of sp³-hybridized carbons (Fsp3) is 0.400. The van der Waals surface area contributed by atoms with E-state index in [-0.39, 0.29) is 29.1 Å². The van der Waals surface area contributed by atoms with Crippen LogP contribution < -0.4 is 14.9 Å². The quantitative estimate of drug-likeness (QED) is 0.577. The van der Waals surface area contributed by atoms with Crippen LogP contribution in [0.25, 0.3) is 0 Å². The monoisotopic (exact) mass is 497 g/mol. The van der Waals surface area contributed by atoms with E-state index in [1.54, 1.807) is 23.1 Å². The Kier molecular flexibility index (Phi) is 7.70. The van der Waals surface area contributed by atoms with Gasteiger partial charge in [0.25, 0.3) is 10.0 Å². The van der Waals surface area contributed by atoms with Crippen LogP contribution in [0.4, 0.5) is 5.69 Å². The lowest BCUT2D eigenvalue weighted by atomic mass is 10.1.